The van der Waals surface area contributed by atoms with E-state index >= 15 is 0 Å². The van der Waals surface area contributed by atoms with Gasteiger partial charge in [-0.05, 0) is 74.8 Å². The number of nitriles is 1. The number of hydrogen-bond acceptors (Lipinski definition) is 9. The standard InChI is InChI=1S/C32H32FN5O5S/c1-42-32(39)23-7-8-28-29(16-23)38(18-25-11-14-43-25)30(35-28)19-37-12-9-22(10-13-37)27-3-2-4-31(36-27)44(40,41)20-24-6-5-21(17-34)15-26(24)33/h2-8,15-16,22,25H,9-14,18-20H2,1H3/t25-/m0/s1. The minimum absolute atomic E-state index is 0.000855. The Morgan fingerprint density at radius 1 is 1.11 bits per heavy atom. The molecule has 0 spiro atoms. The largest absolute Gasteiger partial charge is 0.465 e. The lowest BCUT2D eigenvalue weighted by Crippen LogP contribution is -2.35. The summed E-state index contributed by atoms with van der Waals surface area (Å²) in [5.74, 6) is -0.674. The van der Waals surface area contributed by atoms with Gasteiger partial charge in [0.25, 0.3) is 0 Å². The van der Waals surface area contributed by atoms with Gasteiger partial charge in [-0.25, -0.2) is 27.6 Å². The van der Waals surface area contributed by atoms with E-state index in [9.17, 15) is 17.6 Å². The molecule has 228 valence electrons. The molecule has 12 heteroatoms. The lowest BCUT2D eigenvalue weighted by Gasteiger charge is -2.32. The maximum atomic E-state index is 14.4. The summed E-state index contributed by atoms with van der Waals surface area (Å²) in [6, 6.07) is 16.0. The summed E-state index contributed by atoms with van der Waals surface area (Å²) in [5, 5.41) is 8.87. The second kappa shape index (κ2) is 12.4. The van der Waals surface area contributed by atoms with E-state index in [1.54, 1.807) is 12.1 Å². The van der Waals surface area contributed by atoms with Crippen LogP contribution in [0, 0.1) is 17.1 Å². The predicted octanol–water partition coefficient (Wildman–Crippen LogP) is 4.37. The molecule has 2 aromatic heterocycles. The zero-order valence-electron chi connectivity index (χ0n) is 24.3. The Kier molecular flexibility index (Phi) is 8.44. The normalized spacial score (nSPS) is 17.7. The summed E-state index contributed by atoms with van der Waals surface area (Å²) >= 11 is 0. The number of benzene rings is 2. The maximum absolute atomic E-state index is 14.4. The van der Waals surface area contributed by atoms with Gasteiger partial charge in [0.05, 0.1) is 60.3 Å². The number of fused-ring (bicyclic) bond motifs is 1. The Labute approximate surface area is 255 Å². The fourth-order valence-electron chi connectivity index (χ4n) is 5.80. The zero-order valence-corrected chi connectivity index (χ0v) is 25.1. The lowest BCUT2D eigenvalue weighted by atomic mass is 9.93. The summed E-state index contributed by atoms with van der Waals surface area (Å²) in [4.78, 5) is 23.9. The van der Waals surface area contributed by atoms with Crippen molar-refractivity contribution in [2.75, 3.05) is 26.8 Å². The molecular weight excluding hydrogens is 585 g/mol. The molecule has 1 atom stereocenters. The van der Waals surface area contributed by atoms with E-state index in [2.05, 4.69) is 14.5 Å². The Balaban J connectivity index is 1.15. The van der Waals surface area contributed by atoms with Crippen LogP contribution >= 0.6 is 0 Å². The van der Waals surface area contributed by atoms with E-state index in [0.717, 1.165) is 61.9 Å². The van der Waals surface area contributed by atoms with Crippen LogP contribution in [-0.4, -0.2) is 66.7 Å². The Morgan fingerprint density at radius 3 is 2.59 bits per heavy atom. The van der Waals surface area contributed by atoms with Crippen molar-refractivity contribution < 1.29 is 27.1 Å². The number of carbonyl (C=O) groups excluding carboxylic acids is 1. The minimum atomic E-state index is -3.90. The van der Waals surface area contributed by atoms with Crippen LogP contribution in [0.1, 0.15) is 58.2 Å². The van der Waals surface area contributed by atoms with Crippen LogP contribution in [0.25, 0.3) is 11.0 Å². The molecular formula is C32H32FN5O5S. The van der Waals surface area contributed by atoms with Crippen LogP contribution < -0.4 is 0 Å². The highest BCUT2D eigenvalue weighted by Crippen LogP contribution is 2.30. The van der Waals surface area contributed by atoms with Crippen molar-refractivity contribution in [1.29, 1.82) is 5.26 Å². The van der Waals surface area contributed by atoms with Gasteiger partial charge in [-0.3, -0.25) is 4.90 Å². The highest BCUT2D eigenvalue weighted by atomic mass is 32.2. The molecule has 2 fully saturated rings. The summed E-state index contributed by atoms with van der Waals surface area (Å²) in [7, 11) is -2.53. The number of esters is 1. The first kappa shape index (κ1) is 29.9. The second-order valence-electron chi connectivity index (χ2n) is 11.2. The molecule has 0 saturated carbocycles. The number of pyridine rings is 1. The van der Waals surface area contributed by atoms with E-state index in [4.69, 9.17) is 19.7 Å². The molecule has 44 heavy (non-hydrogen) atoms. The average Bonchev–Trinajstić information content (AvgIpc) is 3.35. The first-order valence-electron chi connectivity index (χ1n) is 14.5. The average molecular weight is 618 g/mol. The van der Waals surface area contributed by atoms with Crippen molar-refractivity contribution in [3.63, 3.8) is 0 Å². The van der Waals surface area contributed by atoms with Gasteiger partial charge in [-0.2, -0.15) is 5.26 Å². The number of nitrogens with zero attached hydrogens (tertiary/aromatic N) is 5. The van der Waals surface area contributed by atoms with Crippen LogP contribution in [0.15, 0.2) is 59.6 Å². The highest BCUT2D eigenvalue weighted by Gasteiger charge is 2.27. The lowest BCUT2D eigenvalue weighted by molar-refractivity contribution is -0.0592. The van der Waals surface area contributed by atoms with E-state index < -0.39 is 27.4 Å². The molecule has 2 aliphatic heterocycles. The first-order valence-corrected chi connectivity index (χ1v) is 16.2. The fourth-order valence-corrected chi connectivity index (χ4v) is 7.13. The summed E-state index contributed by atoms with van der Waals surface area (Å²) < 4.78 is 53.4. The molecule has 0 N–H and O–H groups in total. The SMILES string of the molecule is COC(=O)c1ccc2nc(CN3CCC(c4cccc(S(=O)(=O)Cc5ccc(C#N)cc5F)n4)CC3)n(C[C@@H]3CCO3)c2c1. The Morgan fingerprint density at radius 2 is 1.91 bits per heavy atom. The van der Waals surface area contributed by atoms with Crippen LogP contribution in [-0.2, 0) is 38.2 Å². The van der Waals surface area contributed by atoms with E-state index in [1.807, 2.05) is 24.3 Å². The smallest absolute Gasteiger partial charge is 0.337 e. The predicted molar refractivity (Wildman–Crippen MR) is 159 cm³/mol. The van der Waals surface area contributed by atoms with Gasteiger partial charge in [-0.1, -0.05) is 12.1 Å². The molecule has 0 radical (unpaired) electrons. The molecule has 0 bridgehead atoms. The number of ether oxygens (including phenoxy) is 2. The highest BCUT2D eigenvalue weighted by molar-refractivity contribution is 7.90. The second-order valence-corrected chi connectivity index (χ2v) is 13.2. The monoisotopic (exact) mass is 617 g/mol. The summed E-state index contributed by atoms with van der Waals surface area (Å²) in [6.45, 7) is 3.58. The molecule has 0 aliphatic carbocycles. The van der Waals surface area contributed by atoms with Crippen molar-refractivity contribution in [1.82, 2.24) is 19.4 Å². The van der Waals surface area contributed by atoms with Gasteiger partial charge in [0.1, 0.15) is 11.6 Å². The summed E-state index contributed by atoms with van der Waals surface area (Å²) in [5.41, 5.74) is 2.99. The number of sulfone groups is 1. The van der Waals surface area contributed by atoms with E-state index in [0.29, 0.717) is 24.3 Å². The van der Waals surface area contributed by atoms with Gasteiger partial charge in [0, 0.05) is 23.8 Å². The number of piperidine rings is 1. The molecule has 6 rings (SSSR count). The number of halogens is 1. The molecule has 0 unspecified atom stereocenters. The third kappa shape index (κ3) is 6.22. The number of hydrogen-bond donors (Lipinski definition) is 0. The summed E-state index contributed by atoms with van der Waals surface area (Å²) in [6.07, 6.45) is 2.67. The van der Waals surface area contributed by atoms with Gasteiger partial charge >= 0.3 is 5.97 Å². The van der Waals surface area contributed by atoms with Crippen molar-refractivity contribution in [2.24, 2.45) is 0 Å². The molecule has 2 aliphatic rings. The Hall–Kier alpha value is -4.18. The molecule has 4 heterocycles. The first-order chi connectivity index (χ1) is 21.2. The van der Waals surface area contributed by atoms with Crippen molar-refractivity contribution in [2.45, 2.75) is 55.2 Å². The van der Waals surface area contributed by atoms with E-state index in [1.165, 1.54) is 25.3 Å². The van der Waals surface area contributed by atoms with E-state index in [-0.39, 0.29) is 28.2 Å². The number of methoxy groups -OCH3 is 1. The van der Waals surface area contributed by atoms with Gasteiger partial charge in [0.2, 0.25) is 0 Å². The van der Waals surface area contributed by atoms with Gasteiger partial charge in [0.15, 0.2) is 14.9 Å². The quantitative estimate of drug-likeness (QED) is 0.252. The van der Waals surface area contributed by atoms with Gasteiger partial charge < -0.3 is 14.0 Å². The number of rotatable bonds is 9. The number of imidazole rings is 1. The topological polar surface area (TPSA) is 127 Å². The molecule has 0 amide bonds. The third-order valence-corrected chi connectivity index (χ3v) is 9.95. The Bertz CT molecular complexity index is 1860. The zero-order chi connectivity index (χ0) is 30.8. The van der Waals surface area contributed by atoms with Crippen molar-refractivity contribution in [3.8, 4) is 6.07 Å². The van der Waals surface area contributed by atoms with Gasteiger partial charge in [-0.15, -0.1) is 0 Å². The number of aromatic nitrogens is 3. The molecule has 10 nitrogen and oxygen atoms in total. The fraction of sp³-hybridized carbons (Fsp3) is 0.375. The third-order valence-electron chi connectivity index (χ3n) is 8.39. The molecule has 2 aromatic carbocycles. The van der Waals surface area contributed by atoms with Crippen LogP contribution in [0.5, 0.6) is 0 Å². The van der Waals surface area contributed by atoms with Crippen molar-refractivity contribution in [3.05, 3.63) is 88.6 Å². The minimum Gasteiger partial charge on any atom is -0.465 e. The van der Waals surface area contributed by atoms with Crippen molar-refractivity contribution >= 4 is 26.8 Å². The molecule has 2 saturated heterocycles. The van der Waals surface area contributed by atoms with Crippen LogP contribution in [0.4, 0.5) is 4.39 Å². The van der Waals surface area contributed by atoms with Crippen LogP contribution in [0.2, 0.25) is 0 Å². The molecule has 4 aromatic rings. The number of carbonyl (C=O) groups is 1. The number of likely N-dealkylation sites (tertiary alicyclic amines) is 1. The maximum Gasteiger partial charge on any atom is 0.337 e. The van der Waals surface area contributed by atoms with Crippen LogP contribution in [0.3, 0.4) is 0 Å².